The van der Waals surface area contributed by atoms with Crippen LogP contribution < -0.4 is 0 Å². The molecular formula is C12H9F5. The first-order valence-electron chi connectivity index (χ1n) is 4.71. The van der Waals surface area contributed by atoms with Gasteiger partial charge in [0.1, 0.15) is 0 Å². The largest absolute Gasteiger partial charge is 0.458 e. The maximum absolute atomic E-state index is 12.9. The first kappa shape index (κ1) is 13.5. The van der Waals surface area contributed by atoms with E-state index >= 15 is 0 Å². The second-order valence-corrected chi connectivity index (χ2v) is 3.58. The first-order chi connectivity index (χ1) is 7.70. The number of terminal acetylenes is 1. The van der Waals surface area contributed by atoms with Crippen LogP contribution in [-0.4, -0.2) is 6.18 Å². The van der Waals surface area contributed by atoms with E-state index in [4.69, 9.17) is 6.42 Å². The Morgan fingerprint density at radius 3 is 1.88 bits per heavy atom. The Balaban J connectivity index is 3.08. The summed E-state index contributed by atoms with van der Waals surface area (Å²) in [7, 11) is 0. The van der Waals surface area contributed by atoms with Crippen molar-refractivity contribution in [3.63, 3.8) is 0 Å². The lowest BCUT2D eigenvalue weighted by molar-refractivity contribution is -0.289. The van der Waals surface area contributed by atoms with Gasteiger partial charge in [0, 0.05) is 11.5 Å². The summed E-state index contributed by atoms with van der Waals surface area (Å²) in [4.78, 5) is 0. The molecule has 17 heavy (non-hydrogen) atoms. The van der Waals surface area contributed by atoms with Crippen LogP contribution in [0.15, 0.2) is 24.3 Å². The molecule has 1 rings (SSSR count). The molecule has 0 radical (unpaired) electrons. The summed E-state index contributed by atoms with van der Waals surface area (Å²) >= 11 is 0. The van der Waals surface area contributed by atoms with Crippen molar-refractivity contribution in [3.05, 3.63) is 35.4 Å². The van der Waals surface area contributed by atoms with Gasteiger partial charge in [-0.1, -0.05) is 30.2 Å². The average Bonchev–Trinajstić information content (AvgIpc) is 2.26. The number of rotatable bonds is 2. The molecule has 0 aromatic heterocycles. The molecule has 0 fully saturated rings. The fraction of sp³-hybridized carbons (Fsp3) is 0.333. The Labute approximate surface area is 95.4 Å². The number of benzene rings is 1. The van der Waals surface area contributed by atoms with Gasteiger partial charge in [-0.05, 0) is 12.5 Å². The van der Waals surface area contributed by atoms with Gasteiger partial charge >= 0.3 is 12.1 Å². The summed E-state index contributed by atoms with van der Waals surface area (Å²) in [6, 6.07) is 3.85. The van der Waals surface area contributed by atoms with Crippen molar-refractivity contribution >= 4 is 0 Å². The molecule has 5 heteroatoms. The van der Waals surface area contributed by atoms with Gasteiger partial charge in [0.15, 0.2) is 0 Å². The summed E-state index contributed by atoms with van der Waals surface area (Å²) in [5.41, 5.74) is -0.563. The molecule has 0 N–H and O–H groups in total. The molecule has 0 amide bonds. The molecule has 0 nitrogen and oxygen atoms in total. The zero-order valence-corrected chi connectivity index (χ0v) is 8.85. The minimum absolute atomic E-state index is 0.330. The van der Waals surface area contributed by atoms with E-state index in [0.717, 1.165) is 12.1 Å². The Hall–Kier alpha value is -1.57. The Kier molecular flexibility index (Phi) is 3.46. The SMILES string of the molecule is C#CC(C)c1ccc(C(F)(F)C(F)(F)F)cc1. The van der Waals surface area contributed by atoms with Crippen LogP contribution in [0.3, 0.4) is 0 Å². The third-order valence-electron chi connectivity index (χ3n) is 2.38. The highest BCUT2D eigenvalue weighted by atomic mass is 19.4. The van der Waals surface area contributed by atoms with Crippen LogP contribution in [0.25, 0.3) is 0 Å². The maximum atomic E-state index is 12.9. The molecule has 1 aromatic rings. The van der Waals surface area contributed by atoms with Gasteiger partial charge < -0.3 is 0 Å². The molecule has 0 bridgehead atoms. The van der Waals surface area contributed by atoms with Gasteiger partial charge in [-0.15, -0.1) is 6.42 Å². The maximum Gasteiger partial charge on any atom is 0.458 e. The standard InChI is InChI=1S/C12H9F5/c1-3-8(2)9-4-6-10(7-5-9)11(13,14)12(15,16)17/h1,4-8H,2H3. The Morgan fingerprint density at radius 1 is 1.06 bits per heavy atom. The van der Waals surface area contributed by atoms with Gasteiger partial charge in [-0.3, -0.25) is 0 Å². The van der Waals surface area contributed by atoms with E-state index < -0.39 is 17.7 Å². The Bertz CT molecular complexity index is 422. The molecule has 0 heterocycles. The quantitative estimate of drug-likeness (QED) is 0.546. The van der Waals surface area contributed by atoms with Crippen molar-refractivity contribution < 1.29 is 22.0 Å². The molecule has 0 spiro atoms. The third-order valence-corrected chi connectivity index (χ3v) is 2.38. The van der Waals surface area contributed by atoms with E-state index in [1.165, 1.54) is 12.1 Å². The minimum Gasteiger partial charge on any atom is -0.191 e. The molecule has 1 atom stereocenters. The number of alkyl halides is 5. The van der Waals surface area contributed by atoms with Crippen LogP contribution in [0.4, 0.5) is 22.0 Å². The third kappa shape index (κ3) is 2.57. The van der Waals surface area contributed by atoms with Crippen LogP contribution in [0.1, 0.15) is 24.0 Å². The fourth-order valence-corrected chi connectivity index (χ4v) is 1.24. The first-order valence-corrected chi connectivity index (χ1v) is 4.71. The van der Waals surface area contributed by atoms with Gasteiger partial charge in [0.2, 0.25) is 0 Å². The van der Waals surface area contributed by atoms with Crippen molar-refractivity contribution in [1.82, 2.24) is 0 Å². The summed E-state index contributed by atoms with van der Waals surface area (Å²) in [5, 5.41) is 0. The van der Waals surface area contributed by atoms with Gasteiger partial charge in [-0.2, -0.15) is 22.0 Å². The van der Waals surface area contributed by atoms with Crippen molar-refractivity contribution in [2.24, 2.45) is 0 Å². The van der Waals surface area contributed by atoms with Crippen LogP contribution in [0, 0.1) is 12.3 Å². The molecular weight excluding hydrogens is 239 g/mol. The van der Waals surface area contributed by atoms with Crippen LogP contribution in [-0.2, 0) is 5.92 Å². The second kappa shape index (κ2) is 4.36. The molecule has 1 aromatic carbocycles. The van der Waals surface area contributed by atoms with Gasteiger partial charge in [0.25, 0.3) is 0 Å². The molecule has 0 saturated carbocycles. The smallest absolute Gasteiger partial charge is 0.191 e. The van der Waals surface area contributed by atoms with E-state index in [1.807, 2.05) is 0 Å². The van der Waals surface area contributed by atoms with Gasteiger partial charge in [0.05, 0.1) is 0 Å². The lowest BCUT2D eigenvalue weighted by Gasteiger charge is -2.20. The zero-order chi connectivity index (χ0) is 13.3. The topological polar surface area (TPSA) is 0 Å². The normalized spacial score (nSPS) is 14.2. The van der Waals surface area contributed by atoms with E-state index in [9.17, 15) is 22.0 Å². The highest BCUT2D eigenvalue weighted by molar-refractivity contribution is 5.31. The van der Waals surface area contributed by atoms with Crippen molar-refractivity contribution in [3.8, 4) is 12.3 Å². The van der Waals surface area contributed by atoms with E-state index in [1.54, 1.807) is 6.92 Å². The summed E-state index contributed by atoms with van der Waals surface area (Å²) in [5.74, 6) is -2.81. The molecule has 0 aliphatic heterocycles. The lowest BCUT2D eigenvalue weighted by Crippen LogP contribution is -2.33. The number of hydrogen-bond donors (Lipinski definition) is 0. The molecule has 92 valence electrons. The summed E-state index contributed by atoms with van der Waals surface area (Å²) in [6.45, 7) is 1.65. The monoisotopic (exact) mass is 248 g/mol. The van der Waals surface area contributed by atoms with Crippen molar-refractivity contribution in [2.75, 3.05) is 0 Å². The minimum atomic E-state index is -5.59. The van der Waals surface area contributed by atoms with Crippen LogP contribution >= 0.6 is 0 Å². The summed E-state index contributed by atoms with van der Waals surface area (Å²) in [6.07, 6.45) is -0.472. The van der Waals surface area contributed by atoms with E-state index in [0.29, 0.717) is 5.56 Å². The van der Waals surface area contributed by atoms with Crippen molar-refractivity contribution in [2.45, 2.75) is 24.9 Å². The highest BCUT2D eigenvalue weighted by Gasteiger charge is 2.58. The number of halogens is 5. The highest BCUT2D eigenvalue weighted by Crippen LogP contribution is 2.43. The molecule has 0 saturated heterocycles. The molecule has 1 unspecified atom stereocenters. The average molecular weight is 248 g/mol. The van der Waals surface area contributed by atoms with Crippen LogP contribution in [0.2, 0.25) is 0 Å². The lowest BCUT2D eigenvalue weighted by atomic mass is 9.99. The number of hydrogen-bond acceptors (Lipinski definition) is 0. The predicted molar refractivity (Wildman–Crippen MR) is 53.6 cm³/mol. The van der Waals surface area contributed by atoms with E-state index in [-0.39, 0.29) is 5.92 Å². The molecule has 0 aliphatic rings. The Morgan fingerprint density at radius 2 is 1.53 bits per heavy atom. The second-order valence-electron chi connectivity index (χ2n) is 3.58. The summed E-state index contributed by atoms with van der Waals surface area (Å²) < 4.78 is 62.0. The zero-order valence-electron chi connectivity index (χ0n) is 8.85. The van der Waals surface area contributed by atoms with E-state index in [2.05, 4.69) is 5.92 Å². The van der Waals surface area contributed by atoms with Crippen LogP contribution in [0.5, 0.6) is 0 Å². The van der Waals surface area contributed by atoms with Gasteiger partial charge in [-0.25, -0.2) is 0 Å². The fourth-order valence-electron chi connectivity index (χ4n) is 1.24. The predicted octanol–water partition coefficient (Wildman–Crippen LogP) is 4.08. The van der Waals surface area contributed by atoms with Crippen molar-refractivity contribution in [1.29, 1.82) is 0 Å². The molecule has 0 aliphatic carbocycles.